The van der Waals surface area contributed by atoms with Gasteiger partial charge in [0.15, 0.2) is 0 Å². The van der Waals surface area contributed by atoms with Crippen molar-refractivity contribution < 1.29 is 0 Å². The van der Waals surface area contributed by atoms with Gasteiger partial charge in [0.05, 0.1) is 10.2 Å². The summed E-state index contributed by atoms with van der Waals surface area (Å²) in [6, 6.07) is 2.05. The van der Waals surface area contributed by atoms with Gasteiger partial charge in [-0.1, -0.05) is 29.5 Å². The summed E-state index contributed by atoms with van der Waals surface area (Å²) in [4.78, 5) is 0. The maximum atomic E-state index is 4.26. The molecule has 0 saturated heterocycles. The van der Waals surface area contributed by atoms with Crippen LogP contribution in [0.1, 0.15) is 12.6 Å². The molecule has 1 heterocycles. The third-order valence-electron chi connectivity index (χ3n) is 1.18. The first kappa shape index (κ1) is 7.05. The Hall–Kier alpha value is -0.0600. The number of aromatic nitrogens is 2. The molecule has 50 valence electrons. The van der Waals surface area contributed by atoms with Crippen molar-refractivity contribution in [3.05, 3.63) is 18.0 Å². The fraction of sp³-hybridized carbons (Fsp3) is 0.500. The van der Waals surface area contributed by atoms with Gasteiger partial charge in [0, 0.05) is 6.20 Å². The number of alkyl halides is 1. The summed E-state index contributed by atoms with van der Waals surface area (Å²) in [6.07, 6.45) is 3.04. The maximum Gasteiger partial charge on any atom is 0.0923 e. The van der Waals surface area contributed by atoms with Crippen LogP contribution in [0, 0.1) is 0 Å². The minimum atomic E-state index is 0.942. The van der Waals surface area contributed by atoms with Crippen LogP contribution in [-0.2, 0) is 11.0 Å². The van der Waals surface area contributed by atoms with Crippen LogP contribution >= 0.6 is 22.6 Å². The van der Waals surface area contributed by atoms with Gasteiger partial charge >= 0.3 is 0 Å². The first-order valence-electron chi connectivity index (χ1n) is 2.95. The summed E-state index contributed by atoms with van der Waals surface area (Å²) in [5.41, 5.74) is 1.17. The van der Waals surface area contributed by atoms with Gasteiger partial charge in [-0.2, -0.15) is 5.10 Å². The van der Waals surface area contributed by atoms with Crippen molar-refractivity contribution >= 4 is 22.6 Å². The van der Waals surface area contributed by atoms with E-state index >= 15 is 0 Å². The van der Waals surface area contributed by atoms with Gasteiger partial charge in [-0.05, 0) is 12.5 Å². The highest BCUT2D eigenvalue weighted by atomic mass is 127. The van der Waals surface area contributed by atoms with Crippen molar-refractivity contribution in [3.63, 3.8) is 0 Å². The second-order valence-corrected chi connectivity index (χ2v) is 2.50. The molecule has 1 rings (SSSR count). The second-order valence-electron chi connectivity index (χ2n) is 1.82. The molecule has 9 heavy (non-hydrogen) atoms. The average Bonchev–Trinajstić information content (AvgIpc) is 2.34. The lowest BCUT2D eigenvalue weighted by atomic mass is 10.4. The first-order valence-corrected chi connectivity index (χ1v) is 4.47. The maximum absolute atomic E-state index is 4.26. The predicted octanol–water partition coefficient (Wildman–Crippen LogP) is 1.84. The standard InChI is InChI=1S/C6H9IN2/c1-2-6-3-4-9(5-7)8-6/h3-4H,2,5H2,1H3. The number of rotatable bonds is 2. The molecule has 0 aliphatic heterocycles. The van der Waals surface area contributed by atoms with E-state index in [0.29, 0.717) is 0 Å². The Kier molecular flexibility index (Phi) is 2.50. The van der Waals surface area contributed by atoms with Crippen molar-refractivity contribution in [1.29, 1.82) is 0 Å². The third kappa shape index (κ3) is 1.67. The molecule has 0 spiro atoms. The largest absolute Gasteiger partial charge is 0.263 e. The van der Waals surface area contributed by atoms with E-state index in [0.717, 1.165) is 11.0 Å². The molecule has 0 unspecified atom stereocenters. The highest BCUT2D eigenvalue weighted by Gasteiger charge is 1.91. The Morgan fingerprint density at radius 3 is 2.89 bits per heavy atom. The van der Waals surface area contributed by atoms with Gasteiger partial charge in [-0.25, -0.2) is 0 Å². The Labute approximate surface area is 68.4 Å². The van der Waals surface area contributed by atoms with Crippen LogP contribution in [0.4, 0.5) is 0 Å². The molecule has 0 N–H and O–H groups in total. The zero-order valence-corrected chi connectivity index (χ0v) is 7.50. The summed E-state index contributed by atoms with van der Waals surface area (Å²) >= 11 is 2.28. The lowest BCUT2D eigenvalue weighted by Gasteiger charge is -1.89. The van der Waals surface area contributed by atoms with Gasteiger partial charge in [-0.15, -0.1) is 0 Å². The molecule has 0 bridgehead atoms. The van der Waals surface area contributed by atoms with Crippen molar-refractivity contribution in [2.24, 2.45) is 0 Å². The van der Waals surface area contributed by atoms with E-state index in [9.17, 15) is 0 Å². The van der Waals surface area contributed by atoms with Crippen LogP contribution in [0.5, 0.6) is 0 Å². The van der Waals surface area contributed by atoms with Crippen molar-refractivity contribution in [3.8, 4) is 0 Å². The highest BCUT2D eigenvalue weighted by molar-refractivity contribution is 14.1. The van der Waals surface area contributed by atoms with Crippen molar-refractivity contribution in [1.82, 2.24) is 9.78 Å². The summed E-state index contributed by atoms with van der Waals surface area (Å²) < 4.78 is 2.87. The number of hydrogen-bond acceptors (Lipinski definition) is 1. The number of nitrogens with zero attached hydrogens (tertiary/aromatic N) is 2. The summed E-state index contributed by atoms with van der Waals surface area (Å²) in [5, 5.41) is 4.26. The molecule has 1 aromatic rings. The summed E-state index contributed by atoms with van der Waals surface area (Å²) in [6.45, 7) is 2.11. The number of hydrogen-bond donors (Lipinski definition) is 0. The SMILES string of the molecule is CCc1ccn(CI)n1. The topological polar surface area (TPSA) is 17.8 Å². The molecule has 0 atom stereocenters. The van der Waals surface area contributed by atoms with E-state index in [1.165, 1.54) is 5.69 Å². The zero-order chi connectivity index (χ0) is 6.69. The van der Waals surface area contributed by atoms with Crippen LogP contribution in [0.2, 0.25) is 0 Å². The van der Waals surface area contributed by atoms with Gasteiger partial charge in [-0.3, -0.25) is 4.68 Å². The Balaban J connectivity index is 2.74. The molecule has 0 radical (unpaired) electrons. The van der Waals surface area contributed by atoms with Crippen LogP contribution in [-0.4, -0.2) is 9.78 Å². The summed E-state index contributed by atoms with van der Waals surface area (Å²) in [7, 11) is 0. The first-order chi connectivity index (χ1) is 4.36. The minimum Gasteiger partial charge on any atom is -0.263 e. The second kappa shape index (κ2) is 3.20. The van der Waals surface area contributed by atoms with E-state index in [1.807, 2.05) is 10.9 Å². The Bertz CT molecular complexity index is 164. The molecule has 3 heteroatoms. The third-order valence-corrected chi connectivity index (χ3v) is 1.88. The highest BCUT2D eigenvalue weighted by Crippen LogP contribution is 1.97. The van der Waals surface area contributed by atoms with E-state index in [-0.39, 0.29) is 0 Å². The van der Waals surface area contributed by atoms with E-state index < -0.39 is 0 Å². The molecule has 0 saturated carbocycles. The van der Waals surface area contributed by atoms with E-state index in [4.69, 9.17) is 0 Å². The molecule has 0 aliphatic carbocycles. The molecule has 0 aliphatic rings. The van der Waals surface area contributed by atoms with Crippen LogP contribution in [0.15, 0.2) is 12.3 Å². The van der Waals surface area contributed by atoms with Gasteiger partial charge in [0.1, 0.15) is 0 Å². The normalized spacial score (nSPS) is 10.0. The van der Waals surface area contributed by atoms with Crippen LogP contribution in [0.3, 0.4) is 0 Å². The molecule has 0 aromatic carbocycles. The quantitative estimate of drug-likeness (QED) is 0.565. The zero-order valence-electron chi connectivity index (χ0n) is 5.34. The molecule has 1 aromatic heterocycles. The number of halogens is 1. The monoisotopic (exact) mass is 236 g/mol. The average molecular weight is 236 g/mol. The van der Waals surface area contributed by atoms with Crippen LogP contribution in [0.25, 0.3) is 0 Å². The van der Waals surface area contributed by atoms with E-state index in [2.05, 4.69) is 40.7 Å². The van der Waals surface area contributed by atoms with Gasteiger partial charge < -0.3 is 0 Å². The predicted molar refractivity (Wildman–Crippen MR) is 45.6 cm³/mol. The lowest BCUT2D eigenvalue weighted by molar-refractivity contribution is 0.746. The molecule has 0 amide bonds. The molecular formula is C6H9IN2. The van der Waals surface area contributed by atoms with Gasteiger partial charge in [0.25, 0.3) is 0 Å². The summed E-state index contributed by atoms with van der Waals surface area (Å²) in [5.74, 6) is 0. The van der Waals surface area contributed by atoms with E-state index in [1.54, 1.807) is 0 Å². The molecule has 0 fully saturated rings. The van der Waals surface area contributed by atoms with Crippen molar-refractivity contribution in [2.45, 2.75) is 17.9 Å². The van der Waals surface area contributed by atoms with Crippen LogP contribution < -0.4 is 0 Å². The minimum absolute atomic E-state index is 0.942. The Morgan fingerprint density at radius 2 is 2.56 bits per heavy atom. The molecular weight excluding hydrogens is 227 g/mol. The smallest absolute Gasteiger partial charge is 0.0923 e. The van der Waals surface area contributed by atoms with Crippen molar-refractivity contribution in [2.75, 3.05) is 0 Å². The van der Waals surface area contributed by atoms with Gasteiger partial charge in [0.2, 0.25) is 0 Å². The fourth-order valence-electron chi connectivity index (χ4n) is 0.659. The lowest BCUT2D eigenvalue weighted by Crippen LogP contribution is -1.92. The molecule has 2 nitrogen and oxygen atoms in total. The number of aryl methyl sites for hydroxylation is 1. The Morgan fingerprint density at radius 1 is 1.78 bits per heavy atom. The fourth-order valence-corrected chi connectivity index (χ4v) is 1.04.